The molecule has 11 nitrogen and oxygen atoms in total. The van der Waals surface area contributed by atoms with Gasteiger partial charge in [0, 0.05) is 60.9 Å². The minimum atomic E-state index is -0.605. The summed E-state index contributed by atoms with van der Waals surface area (Å²) in [6.45, 7) is 1.07. The summed E-state index contributed by atoms with van der Waals surface area (Å²) in [5.41, 5.74) is 1.96. The summed E-state index contributed by atoms with van der Waals surface area (Å²) in [7, 11) is 2.92. The zero-order valence-electron chi connectivity index (χ0n) is 22.8. The second-order valence-electron chi connectivity index (χ2n) is 10.5. The maximum absolute atomic E-state index is 13.5. The lowest BCUT2D eigenvalue weighted by molar-refractivity contribution is -0.139. The van der Waals surface area contributed by atoms with Crippen LogP contribution in [0.4, 0.5) is 0 Å². The lowest BCUT2D eigenvalue weighted by Crippen LogP contribution is -2.54. The maximum atomic E-state index is 13.5. The highest BCUT2D eigenvalue weighted by Gasteiger charge is 2.47. The third-order valence-electron chi connectivity index (χ3n) is 8.06. The first kappa shape index (κ1) is 28.3. The molecule has 12 heteroatoms. The largest absolute Gasteiger partial charge is 0.504 e. The van der Waals surface area contributed by atoms with Gasteiger partial charge in [0.2, 0.25) is 17.7 Å². The number of nitrogens with zero attached hydrogens (tertiary/aromatic N) is 2. The lowest BCUT2D eigenvalue weighted by Gasteiger charge is -2.39. The summed E-state index contributed by atoms with van der Waals surface area (Å²) in [6, 6.07) is 9.92. The number of rotatable bonds is 7. The van der Waals surface area contributed by atoms with Gasteiger partial charge in [-0.25, -0.2) is 0 Å². The number of aromatic amines is 1. The van der Waals surface area contributed by atoms with Gasteiger partial charge in [-0.3, -0.25) is 19.2 Å². The molecule has 0 bridgehead atoms. The molecule has 0 spiro atoms. The Hall–Kier alpha value is -4.25. The summed E-state index contributed by atoms with van der Waals surface area (Å²) < 4.78 is 5.08. The van der Waals surface area contributed by atoms with Crippen LogP contribution in [0, 0.1) is 17.8 Å². The molecule has 1 aromatic heterocycles. The predicted molar refractivity (Wildman–Crippen MR) is 152 cm³/mol. The van der Waals surface area contributed by atoms with Crippen molar-refractivity contribution in [3.63, 3.8) is 0 Å². The zero-order chi connectivity index (χ0) is 29.3. The molecule has 2 aliphatic rings. The Kier molecular flexibility index (Phi) is 8.07. The Labute approximate surface area is 241 Å². The van der Waals surface area contributed by atoms with Crippen molar-refractivity contribution >= 4 is 46.1 Å². The van der Waals surface area contributed by atoms with Gasteiger partial charge in [-0.15, -0.1) is 0 Å². The topological polar surface area (TPSA) is 144 Å². The standard InChI is InChI=1S/C29H32ClN5O6/c1-31-26(37)11-33-28(39)22-15-34(27(38)8-17-10-32-23-9-19(30)4-5-20(17)23)12-18-13-35(14-21(18)22)29(40)16-3-6-25(41-2)24(36)7-16/h3-7,9-10,18,21-22,32,36H,8,11-15H2,1-2H3,(H,31,37)(H,33,39). The third kappa shape index (κ3) is 5.81. The SMILES string of the molecule is CNC(=O)CNC(=O)C1CN(C(=O)Cc2c[nH]c3cc(Cl)ccc23)CC2CN(C(=O)c3ccc(OC)c(O)c3)CC21. The van der Waals surface area contributed by atoms with Crippen LogP contribution in [0.1, 0.15) is 15.9 Å². The predicted octanol–water partition coefficient (Wildman–Crippen LogP) is 1.79. The van der Waals surface area contributed by atoms with Crippen LogP contribution >= 0.6 is 11.6 Å². The van der Waals surface area contributed by atoms with Crippen molar-refractivity contribution in [2.45, 2.75) is 6.42 Å². The number of amides is 4. The fourth-order valence-electron chi connectivity index (χ4n) is 5.89. The number of halogens is 1. The monoisotopic (exact) mass is 581 g/mol. The molecule has 2 aromatic carbocycles. The number of likely N-dealkylation sites (tertiary alicyclic amines) is 2. The highest BCUT2D eigenvalue weighted by molar-refractivity contribution is 6.31. The number of piperidine rings is 1. The molecule has 2 aliphatic heterocycles. The number of ether oxygens (including phenoxy) is 1. The van der Waals surface area contributed by atoms with E-state index in [1.165, 1.54) is 26.3 Å². The number of carbonyl (C=O) groups is 4. The van der Waals surface area contributed by atoms with E-state index in [4.69, 9.17) is 16.3 Å². The number of likely N-dealkylation sites (N-methyl/N-ethyl adjacent to an activating group) is 1. The molecular formula is C29H32ClN5O6. The van der Waals surface area contributed by atoms with Crippen LogP contribution in [0.25, 0.3) is 10.9 Å². The molecule has 5 rings (SSSR count). The molecule has 4 N–H and O–H groups in total. The Balaban J connectivity index is 1.35. The Morgan fingerprint density at radius 3 is 2.59 bits per heavy atom. The number of phenolic OH excluding ortho intramolecular Hbond substituents is 1. The van der Waals surface area contributed by atoms with Crippen LogP contribution in [0.5, 0.6) is 11.5 Å². The molecule has 3 heterocycles. The van der Waals surface area contributed by atoms with Gasteiger partial charge in [-0.05, 0) is 47.7 Å². The van der Waals surface area contributed by atoms with Crippen molar-refractivity contribution in [2.75, 3.05) is 46.9 Å². The first-order valence-corrected chi connectivity index (χ1v) is 13.7. The summed E-state index contributed by atoms with van der Waals surface area (Å²) in [4.78, 5) is 58.5. The van der Waals surface area contributed by atoms with E-state index in [0.29, 0.717) is 30.2 Å². The second kappa shape index (κ2) is 11.7. The number of phenols is 1. The fourth-order valence-corrected chi connectivity index (χ4v) is 6.07. The molecular weight excluding hydrogens is 550 g/mol. The van der Waals surface area contributed by atoms with Crippen molar-refractivity contribution in [2.24, 2.45) is 17.8 Å². The van der Waals surface area contributed by atoms with Gasteiger partial charge in [0.1, 0.15) is 0 Å². The van der Waals surface area contributed by atoms with Crippen LogP contribution < -0.4 is 15.4 Å². The van der Waals surface area contributed by atoms with Crippen molar-refractivity contribution in [3.05, 3.63) is 58.7 Å². The summed E-state index contributed by atoms with van der Waals surface area (Å²) in [5, 5.41) is 16.8. The first-order valence-electron chi connectivity index (χ1n) is 13.4. The number of hydrogen-bond donors (Lipinski definition) is 4. The van der Waals surface area contributed by atoms with Crippen LogP contribution in [0.2, 0.25) is 5.02 Å². The van der Waals surface area contributed by atoms with Crippen LogP contribution in [0.15, 0.2) is 42.6 Å². The van der Waals surface area contributed by atoms with Gasteiger partial charge in [0.05, 0.1) is 26.0 Å². The molecule has 0 aliphatic carbocycles. The number of fused-ring (bicyclic) bond motifs is 2. The van der Waals surface area contributed by atoms with Crippen LogP contribution in [-0.4, -0.2) is 90.4 Å². The van der Waals surface area contributed by atoms with Gasteiger partial charge in [-0.2, -0.15) is 0 Å². The zero-order valence-corrected chi connectivity index (χ0v) is 23.5. The van der Waals surface area contributed by atoms with Crippen molar-refractivity contribution < 1.29 is 29.0 Å². The van der Waals surface area contributed by atoms with Crippen LogP contribution in [0.3, 0.4) is 0 Å². The van der Waals surface area contributed by atoms with Gasteiger partial charge in [0.15, 0.2) is 11.5 Å². The molecule has 2 fully saturated rings. The number of nitrogens with one attached hydrogen (secondary N) is 3. The molecule has 216 valence electrons. The Morgan fingerprint density at radius 1 is 1.07 bits per heavy atom. The molecule has 3 unspecified atom stereocenters. The van der Waals surface area contributed by atoms with E-state index in [1.54, 1.807) is 34.2 Å². The molecule has 41 heavy (non-hydrogen) atoms. The van der Waals surface area contributed by atoms with E-state index in [2.05, 4.69) is 15.6 Å². The number of H-pyrrole nitrogens is 1. The number of carbonyl (C=O) groups excluding carboxylic acids is 4. The summed E-state index contributed by atoms with van der Waals surface area (Å²) in [5.74, 6) is -1.90. The maximum Gasteiger partial charge on any atom is 0.254 e. The number of methoxy groups -OCH3 is 1. The number of aromatic nitrogens is 1. The third-order valence-corrected chi connectivity index (χ3v) is 8.29. The van der Waals surface area contributed by atoms with E-state index >= 15 is 0 Å². The minimum Gasteiger partial charge on any atom is -0.504 e. The van der Waals surface area contributed by atoms with Crippen molar-refractivity contribution in [1.29, 1.82) is 0 Å². The van der Waals surface area contributed by atoms with Gasteiger partial charge < -0.3 is 35.3 Å². The average molecular weight is 582 g/mol. The van der Waals surface area contributed by atoms with E-state index in [0.717, 1.165) is 16.5 Å². The smallest absolute Gasteiger partial charge is 0.254 e. The van der Waals surface area contributed by atoms with E-state index in [1.807, 2.05) is 6.07 Å². The van der Waals surface area contributed by atoms with E-state index in [9.17, 15) is 24.3 Å². The Bertz CT molecular complexity index is 1510. The second-order valence-corrected chi connectivity index (χ2v) is 10.9. The molecule has 4 amide bonds. The fraction of sp³-hybridized carbons (Fsp3) is 0.379. The van der Waals surface area contributed by atoms with Crippen molar-refractivity contribution in [3.8, 4) is 11.5 Å². The van der Waals surface area contributed by atoms with Crippen molar-refractivity contribution in [1.82, 2.24) is 25.4 Å². The summed E-state index contributed by atoms with van der Waals surface area (Å²) >= 11 is 6.10. The van der Waals surface area contributed by atoms with Crippen LogP contribution in [-0.2, 0) is 20.8 Å². The Morgan fingerprint density at radius 2 is 1.85 bits per heavy atom. The van der Waals surface area contributed by atoms with Gasteiger partial charge >= 0.3 is 0 Å². The quantitative estimate of drug-likeness (QED) is 0.335. The lowest BCUT2D eigenvalue weighted by atomic mass is 9.79. The average Bonchev–Trinajstić information content (AvgIpc) is 3.58. The van der Waals surface area contributed by atoms with E-state index < -0.39 is 5.92 Å². The molecule has 0 saturated carbocycles. The first-order chi connectivity index (χ1) is 19.7. The molecule has 0 radical (unpaired) electrons. The molecule has 3 atom stereocenters. The molecule has 2 saturated heterocycles. The number of hydrogen-bond acceptors (Lipinski definition) is 6. The minimum absolute atomic E-state index is 0.131. The van der Waals surface area contributed by atoms with E-state index in [-0.39, 0.29) is 66.5 Å². The number of aromatic hydroxyl groups is 1. The number of benzene rings is 2. The highest BCUT2D eigenvalue weighted by Crippen LogP contribution is 2.37. The highest BCUT2D eigenvalue weighted by atomic mass is 35.5. The van der Waals surface area contributed by atoms with Gasteiger partial charge in [-0.1, -0.05) is 17.7 Å². The summed E-state index contributed by atoms with van der Waals surface area (Å²) in [6.07, 6.45) is 1.93. The van der Waals surface area contributed by atoms with Gasteiger partial charge in [0.25, 0.3) is 5.91 Å². The normalized spacial score (nSPS) is 20.0. The molecule has 3 aromatic rings.